The number of para-hydroxylation sites is 1. The van der Waals surface area contributed by atoms with Gasteiger partial charge in [-0.1, -0.05) is 42.2 Å². The van der Waals surface area contributed by atoms with Crippen molar-refractivity contribution in [1.82, 2.24) is 4.90 Å². The number of carbonyl (C=O) groups excluding carboxylic acids is 1. The number of hydrogen-bond acceptors (Lipinski definition) is 2. The van der Waals surface area contributed by atoms with Crippen LogP contribution in [0.2, 0.25) is 0 Å². The van der Waals surface area contributed by atoms with Crippen LogP contribution in [0.1, 0.15) is 36.8 Å². The number of aliphatic hydroxyl groups excluding tert-OH is 1. The van der Waals surface area contributed by atoms with Gasteiger partial charge >= 0.3 is 6.03 Å². The predicted molar refractivity (Wildman–Crippen MR) is 102 cm³/mol. The second-order valence-corrected chi connectivity index (χ2v) is 7.01. The Bertz CT molecular complexity index is 839. The van der Waals surface area contributed by atoms with Gasteiger partial charge in [-0.25, -0.2) is 4.79 Å². The molecule has 2 heterocycles. The zero-order valence-electron chi connectivity index (χ0n) is 14.6. The molecule has 2 bridgehead atoms. The Morgan fingerprint density at radius 1 is 0.962 bits per heavy atom. The summed E-state index contributed by atoms with van der Waals surface area (Å²) in [5.74, 6) is 6.30. The van der Waals surface area contributed by atoms with E-state index in [1.807, 2.05) is 59.5 Å². The number of piperidine rings is 1. The highest BCUT2D eigenvalue weighted by molar-refractivity contribution is 5.91. The molecular weight excluding hydrogens is 324 g/mol. The summed E-state index contributed by atoms with van der Waals surface area (Å²) in [7, 11) is 0. The van der Waals surface area contributed by atoms with Crippen molar-refractivity contribution < 1.29 is 9.90 Å². The lowest BCUT2D eigenvalue weighted by Gasteiger charge is -2.37. The zero-order chi connectivity index (χ0) is 17.9. The first-order valence-corrected chi connectivity index (χ1v) is 9.14. The molecule has 2 aromatic carbocycles. The highest BCUT2D eigenvalue weighted by Gasteiger charge is 2.42. The number of urea groups is 1. The molecule has 2 fully saturated rings. The van der Waals surface area contributed by atoms with Crippen LogP contribution in [0.5, 0.6) is 0 Å². The summed E-state index contributed by atoms with van der Waals surface area (Å²) in [6.45, 7) is 0. The number of anilines is 1. The van der Waals surface area contributed by atoms with Crippen molar-refractivity contribution in [3.8, 4) is 11.8 Å². The predicted octanol–water partition coefficient (Wildman–Crippen LogP) is 3.61. The van der Waals surface area contributed by atoms with Crippen LogP contribution in [-0.2, 0) is 0 Å². The second-order valence-electron chi connectivity index (χ2n) is 7.01. The molecule has 2 amide bonds. The lowest BCUT2D eigenvalue weighted by molar-refractivity contribution is 0.0580. The number of hydrogen-bond donors (Lipinski definition) is 2. The Labute approximate surface area is 153 Å². The van der Waals surface area contributed by atoms with Crippen LogP contribution >= 0.6 is 0 Å². The maximum absolute atomic E-state index is 12.8. The molecule has 0 saturated carbocycles. The normalized spacial score (nSPS) is 23.9. The van der Waals surface area contributed by atoms with Crippen LogP contribution in [0.25, 0.3) is 0 Å². The van der Waals surface area contributed by atoms with Gasteiger partial charge in [0.05, 0.1) is 11.8 Å². The Morgan fingerprint density at radius 3 is 2.35 bits per heavy atom. The first-order chi connectivity index (χ1) is 12.7. The van der Waals surface area contributed by atoms with E-state index in [1.54, 1.807) is 0 Å². The van der Waals surface area contributed by atoms with E-state index in [9.17, 15) is 9.90 Å². The molecule has 2 aromatic rings. The van der Waals surface area contributed by atoms with Crippen LogP contribution in [-0.4, -0.2) is 34.2 Å². The van der Waals surface area contributed by atoms with Gasteiger partial charge in [0.25, 0.3) is 0 Å². The minimum absolute atomic E-state index is 0.0849. The summed E-state index contributed by atoms with van der Waals surface area (Å²) in [4.78, 5) is 14.8. The van der Waals surface area contributed by atoms with Gasteiger partial charge in [-0.15, -0.1) is 0 Å². The second kappa shape index (κ2) is 7.23. The van der Waals surface area contributed by atoms with E-state index in [-0.39, 0.29) is 24.2 Å². The summed E-state index contributed by atoms with van der Waals surface area (Å²) in [6, 6.07) is 17.6. The van der Waals surface area contributed by atoms with E-state index in [2.05, 4.69) is 17.2 Å². The Hall–Kier alpha value is -2.77. The van der Waals surface area contributed by atoms with Gasteiger partial charge in [-0.05, 0) is 49.9 Å². The average Bonchev–Trinajstić information content (AvgIpc) is 2.93. The standard InChI is InChI=1S/C22H22N2O2/c25-20-14-18-12-13-19(15-20)24(18)22(26)23-21-9-5-4-8-17(21)11-10-16-6-2-1-3-7-16/h1-9,18-20,25H,12-15H2,(H,23,26)/t18-,19-/m0/s1. The minimum Gasteiger partial charge on any atom is -0.393 e. The van der Waals surface area contributed by atoms with Crippen LogP contribution in [0.15, 0.2) is 54.6 Å². The molecule has 4 heteroatoms. The molecule has 4 nitrogen and oxygen atoms in total. The molecular formula is C22H22N2O2. The number of rotatable bonds is 1. The number of amides is 2. The maximum Gasteiger partial charge on any atom is 0.322 e. The van der Waals surface area contributed by atoms with E-state index >= 15 is 0 Å². The number of fused-ring (bicyclic) bond motifs is 2. The zero-order valence-corrected chi connectivity index (χ0v) is 14.6. The molecule has 132 valence electrons. The molecule has 0 radical (unpaired) electrons. The van der Waals surface area contributed by atoms with Gasteiger partial charge in [0.1, 0.15) is 0 Å². The highest BCUT2D eigenvalue weighted by atomic mass is 16.3. The highest BCUT2D eigenvalue weighted by Crippen LogP contribution is 2.36. The largest absolute Gasteiger partial charge is 0.393 e. The van der Waals surface area contributed by atoms with E-state index in [1.165, 1.54) is 0 Å². The van der Waals surface area contributed by atoms with Crippen LogP contribution < -0.4 is 5.32 Å². The topological polar surface area (TPSA) is 52.6 Å². The van der Waals surface area contributed by atoms with E-state index in [0.29, 0.717) is 12.8 Å². The molecule has 26 heavy (non-hydrogen) atoms. The van der Waals surface area contributed by atoms with Gasteiger partial charge in [0.2, 0.25) is 0 Å². The Kier molecular flexibility index (Phi) is 4.64. The van der Waals surface area contributed by atoms with E-state index in [0.717, 1.165) is 29.7 Å². The molecule has 2 aliphatic rings. The van der Waals surface area contributed by atoms with Crippen molar-refractivity contribution in [3.05, 3.63) is 65.7 Å². The third kappa shape index (κ3) is 3.44. The lowest BCUT2D eigenvalue weighted by Crippen LogP contribution is -2.49. The third-order valence-electron chi connectivity index (χ3n) is 5.23. The van der Waals surface area contributed by atoms with Gasteiger partial charge in [-0.3, -0.25) is 0 Å². The fourth-order valence-corrected chi connectivity index (χ4v) is 4.02. The van der Waals surface area contributed by atoms with Crippen molar-refractivity contribution in [2.45, 2.75) is 43.9 Å². The van der Waals surface area contributed by atoms with Crippen molar-refractivity contribution in [2.24, 2.45) is 0 Å². The summed E-state index contributed by atoms with van der Waals surface area (Å²) < 4.78 is 0. The van der Waals surface area contributed by atoms with Crippen LogP contribution in [0, 0.1) is 11.8 Å². The maximum atomic E-state index is 12.8. The minimum atomic E-state index is -0.277. The first-order valence-electron chi connectivity index (χ1n) is 9.14. The number of nitrogens with one attached hydrogen (secondary N) is 1. The molecule has 0 unspecified atom stereocenters. The molecule has 2 aliphatic heterocycles. The summed E-state index contributed by atoms with van der Waals surface area (Å²) in [5, 5.41) is 13.0. The monoisotopic (exact) mass is 346 g/mol. The van der Waals surface area contributed by atoms with Gasteiger partial charge in [-0.2, -0.15) is 0 Å². The Balaban J connectivity index is 1.52. The summed E-state index contributed by atoms with van der Waals surface area (Å²) in [5.41, 5.74) is 2.47. The fraction of sp³-hybridized carbons (Fsp3) is 0.318. The average molecular weight is 346 g/mol. The number of carbonyl (C=O) groups is 1. The van der Waals surface area contributed by atoms with E-state index in [4.69, 9.17) is 0 Å². The molecule has 0 spiro atoms. The first kappa shape index (κ1) is 16.7. The van der Waals surface area contributed by atoms with Crippen LogP contribution in [0.4, 0.5) is 10.5 Å². The molecule has 0 aromatic heterocycles. The quantitative estimate of drug-likeness (QED) is 0.775. The molecule has 4 rings (SSSR count). The van der Waals surface area contributed by atoms with Gasteiger partial charge < -0.3 is 15.3 Å². The van der Waals surface area contributed by atoms with E-state index < -0.39 is 0 Å². The molecule has 2 N–H and O–H groups in total. The lowest BCUT2D eigenvalue weighted by atomic mass is 10.0. The van der Waals surface area contributed by atoms with Crippen molar-refractivity contribution >= 4 is 11.7 Å². The molecule has 0 aliphatic carbocycles. The smallest absolute Gasteiger partial charge is 0.322 e. The summed E-state index contributed by atoms with van der Waals surface area (Å²) in [6.07, 6.45) is 3.04. The fourth-order valence-electron chi connectivity index (χ4n) is 4.02. The van der Waals surface area contributed by atoms with Crippen molar-refractivity contribution in [3.63, 3.8) is 0 Å². The summed E-state index contributed by atoms with van der Waals surface area (Å²) >= 11 is 0. The van der Waals surface area contributed by atoms with Gasteiger partial charge in [0.15, 0.2) is 0 Å². The Morgan fingerprint density at radius 2 is 1.62 bits per heavy atom. The SMILES string of the molecule is O=C(Nc1ccccc1C#Cc1ccccc1)N1[C@H]2CC[C@H]1CC(O)C2. The van der Waals surface area contributed by atoms with Crippen LogP contribution in [0.3, 0.4) is 0 Å². The van der Waals surface area contributed by atoms with Crippen molar-refractivity contribution in [1.29, 1.82) is 0 Å². The number of benzene rings is 2. The van der Waals surface area contributed by atoms with Gasteiger partial charge in [0, 0.05) is 23.2 Å². The number of aliphatic hydroxyl groups is 1. The van der Waals surface area contributed by atoms with Crippen molar-refractivity contribution in [2.75, 3.05) is 5.32 Å². The third-order valence-corrected chi connectivity index (χ3v) is 5.23. The number of nitrogens with zero attached hydrogens (tertiary/aromatic N) is 1. The molecule has 2 saturated heterocycles. The molecule has 2 atom stereocenters.